The highest BCUT2D eigenvalue weighted by atomic mass is 32.2. The second-order valence-corrected chi connectivity index (χ2v) is 10.3. The Morgan fingerprint density at radius 2 is 1.97 bits per heavy atom. The van der Waals surface area contributed by atoms with Gasteiger partial charge in [0.2, 0.25) is 15.9 Å². The Labute approximate surface area is 177 Å². The summed E-state index contributed by atoms with van der Waals surface area (Å²) in [6.45, 7) is 0.765. The third-order valence-corrected chi connectivity index (χ3v) is 7.84. The number of hydrogen-bond donors (Lipinski definition) is 1. The molecule has 1 amide bonds. The summed E-state index contributed by atoms with van der Waals surface area (Å²) >= 11 is 1.62. The number of rotatable bonds is 8. The van der Waals surface area contributed by atoms with Gasteiger partial charge in [0.05, 0.1) is 11.7 Å². The van der Waals surface area contributed by atoms with Crippen molar-refractivity contribution in [3.63, 3.8) is 0 Å². The van der Waals surface area contributed by atoms with Crippen LogP contribution in [0.4, 0.5) is 5.69 Å². The number of nitrogens with one attached hydrogen (secondary N) is 1. The van der Waals surface area contributed by atoms with E-state index in [1.54, 1.807) is 11.8 Å². The van der Waals surface area contributed by atoms with Crippen molar-refractivity contribution >= 4 is 33.4 Å². The van der Waals surface area contributed by atoms with Gasteiger partial charge in [-0.1, -0.05) is 36.4 Å². The summed E-state index contributed by atoms with van der Waals surface area (Å²) in [5, 5.41) is 2.95. The number of nitrogens with zero attached hydrogens (tertiary/aromatic N) is 1. The van der Waals surface area contributed by atoms with E-state index in [2.05, 4.69) is 5.32 Å². The maximum atomic E-state index is 12.8. The number of aryl methyl sites for hydroxylation is 1. The summed E-state index contributed by atoms with van der Waals surface area (Å²) in [7, 11) is -3.35. The van der Waals surface area contributed by atoms with Crippen LogP contribution in [0.25, 0.3) is 0 Å². The highest BCUT2D eigenvalue weighted by Gasteiger charge is 2.32. The van der Waals surface area contributed by atoms with Crippen LogP contribution in [-0.2, 0) is 21.2 Å². The van der Waals surface area contributed by atoms with Gasteiger partial charge in [0, 0.05) is 23.7 Å². The molecule has 0 radical (unpaired) electrons. The number of piperidine rings is 1. The molecule has 1 aliphatic heterocycles. The topological polar surface area (TPSA) is 66.5 Å². The van der Waals surface area contributed by atoms with Crippen molar-refractivity contribution in [3.8, 4) is 0 Å². The smallest absolute Gasteiger partial charge is 0.228 e. The molecule has 1 fully saturated rings. The van der Waals surface area contributed by atoms with Gasteiger partial charge in [-0.25, -0.2) is 12.7 Å². The molecule has 1 heterocycles. The summed E-state index contributed by atoms with van der Waals surface area (Å²) in [5.41, 5.74) is 1.90. The van der Waals surface area contributed by atoms with Gasteiger partial charge in [-0.15, -0.1) is 11.8 Å². The van der Waals surface area contributed by atoms with Crippen molar-refractivity contribution in [3.05, 3.63) is 60.2 Å². The van der Waals surface area contributed by atoms with Gasteiger partial charge < -0.3 is 5.32 Å². The van der Waals surface area contributed by atoms with Gasteiger partial charge in [-0.3, -0.25) is 4.79 Å². The molecule has 1 saturated heterocycles. The van der Waals surface area contributed by atoms with Crippen molar-refractivity contribution < 1.29 is 13.2 Å². The highest BCUT2D eigenvalue weighted by Crippen LogP contribution is 2.23. The van der Waals surface area contributed by atoms with Gasteiger partial charge in [0.1, 0.15) is 0 Å². The van der Waals surface area contributed by atoms with E-state index in [4.69, 9.17) is 0 Å². The first-order valence-corrected chi connectivity index (χ1v) is 12.8. The molecule has 7 heteroatoms. The predicted octanol–water partition coefficient (Wildman–Crippen LogP) is 4.02. The number of sulfonamides is 1. The lowest BCUT2D eigenvalue weighted by molar-refractivity contribution is -0.120. The Morgan fingerprint density at radius 3 is 2.72 bits per heavy atom. The molecule has 3 rings (SSSR count). The Morgan fingerprint density at radius 1 is 1.17 bits per heavy atom. The van der Waals surface area contributed by atoms with E-state index < -0.39 is 10.0 Å². The van der Waals surface area contributed by atoms with Crippen molar-refractivity contribution in [2.45, 2.75) is 30.6 Å². The standard InChI is InChI=1S/C22H28N2O3S2/c1-28-21-13-5-12-20(16-21)23-22(25)19-11-6-14-24(17-19)29(26,27)15-7-10-18-8-3-2-4-9-18/h2-5,8-9,12-13,16,19H,6-7,10-11,14-15,17H2,1H3,(H,23,25). The molecule has 0 aliphatic carbocycles. The number of anilines is 1. The van der Waals surface area contributed by atoms with Crippen LogP contribution >= 0.6 is 11.8 Å². The molecular formula is C22H28N2O3S2. The molecule has 0 bridgehead atoms. The molecule has 1 N–H and O–H groups in total. The minimum absolute atomic E-state index is 0.104. The number of benzene rings is 2. The molecule has 0 saturated carbocycles. The van der Waals surface area contributed by atoms with Crippen molar-refractivity contribution in [1.29, 1.82) is 0 Å². The van der Waals surface area contributed by atoms with Gasteiger partial charge in [-0.05, 0) is 55.7 Å². The first-order chi connectivity index (χ1) is 14.0. The van der Waals surface area contributed by atoms with Crippen LogP contribution < -0.4 is 5.32 Å². The molecule has 1 atom stereocenters. The molecule has 1 aliphatic rings. The van der Waals surface area contributed by atoms with Crippen LogP contribution in [0.15, 0.2) is 59.5 Å². The second-order valence-electron chi connectivity index (χ2n) is 7.32. The number of amides is 1. The third-order valence-electron chi connectivity index (χ3n) is 5.20. The van der Waals surface area contributed by atoms with E-state index in [0.29, 0.717) is 25.8 Å². The Bertz CT molecular complexity index is 917. The Balaban J connectivity index is 1.55. The zero-order valence-corrected chi connectivity index (χ0v) is 18.3. The molecule has 2 aromatic rings. The maximum absolute atomic E-state index is 12.8. The molecule has 2 aromatic carbocycles. The fourth-order valence-electron chi connectivity index (χ4n) is 3.59. The number of thioether (sulfide) groups is 1. The SMILES string of the molecule is CSc1cccc(NC(=O)C2CCCN(S(=O)(=O)CCCc3ccccc3)C2)c1. The van der Waals surface area contributed by atoms with Crippen molar-refractivity contribution in [2.24, 2.45) is 5.92 Å². The van der Waals surface area contributed by atoms with Crippen molar-refractivity contribution in [2.75, 3.05) is 30.4 Å². The minimum Gasteiger partial charge on any atom is -0.326 e. The number of carbonyl (C=O) groups is 1. The zero-order valence-electron chi connectivity index (χ0n) is 16.7. The normalized spacial score (nSPS) is 17.8. The minimum atomic E-state index is -3.35. The highest BCUT2D eigenvalue weighted by molar-refractivity contribution is 7.98. The molecule has 0 spiro atoms. The average Bonchev–Trinajstić information content (AvgIpc) is 2.74. The van der Waals surface area contributed by atoms with E-state index in [1.807, 2.05) is 60.9 Å². The second kappa shape index (κ2) is 10.3. The maximum Gasteiger partial charge on any atom is 0.228 e. The quantitative estimate of drug-likeness (QED) is 0.640. The Kier molecular flexibility index (Phi) is 7.75. The molecule has 29 heavy (non-hydrogen) atoms. The van der Waals surface area contributed by atoms with Gasteiger partial charge >= 0.3 is 0 Å². The molecule has 5 nitrogen and oxygen atoms in total. The summed E-state index contributed by atoms with van der Waals surface area (Å²) in [4.78, 5) is 13.8. The van der Waals surface area contributed by atoms with E-state index in [9.17, 15) is 13.2 Å². The summed E-state index contributed by atoms with van der Waals surface area (Å²) in [5.74, 6) is -0.301. The summed E-state index contributed by atoms with van der Waals surface area (Å²) in [6, 6.07) is 17.6. The number of hydrogen-bond acceptors (Lipinski definition) is 4. The fraction of sp³-hybridized carbons (Fsp3) is 0.409. The first kappa shape index (κ1) is 21.9. The van der Waals surface area contributed by atoms with Crippen LogP contribution in [0, 0.1) is 5.92 Å². The van der Waals surface area contributed by atoms with Gasteiger partial charge in [0.15, 0.2) is 0 Å². The lowest BCUT2D eigenvalue weighted by atomic mass is 9.99. The van der Waals surface area contributed by atoms with E-state index in [0.717, 1.165) is 22.6 Å². The molecule has 1 unspecified atom stereocenters. The van der Waals surface area contributed by atoms with Crippen LogP contribution in [-0.4, -0.2) is 43.7 Å². The van der Waals surface area contributed by atoms with Crippen LogP contribution in [0.5, 0.6) is 0 Å². The Hall–Kier alpha value is -1.83. The third kappa shape index (κ3) is 6.32. The van der Waals surface area contributed by atoms with Crippen LogP contribution in [0.1, 0.15) is 24.8 Å². The van der Waals surface area contributed by atoms with Crippen LogP contribution in [0.2, 0.25) is 0 Å². The first-order valence-electron chi connectivity index (χ1n) is 9.94. The van der Waals surface area contributed by atoms with Crippen molar-refractivity contribution in [1.82, 2.24) is 4.31 Å². The average molecular weight is 433 g/mol. The van der Waals surface area contributed by atoms with E-state index >= 15 is 0 Å². The molecular weight excluding hydrogens is 404 g/mol. The van der Waals surface area contributed by atoms with E-state index in [-0.39, 0.29) is 24.1 Å². The zero-order chi connectivity index (χ0) is 20.7. The largest absolute Gasteiger partial charge is 0.326 e. The molecule has 0 aromatic heterocycles. The summed E-state index contributed by atoms with van der Waals surface area (Å²) < 4.78 is 27.1. The lowest BCUT2D eigenvalue weighted by Gasteiger charge is -2.31. The fourth-order valence-corrected chi connectivity index (χ4v) is 5.63. The number of carbonyl (C=O) groups excluding carboxylic acids is 1. The lowest BCUT2D eigenvalue weighted by Crippen LogP contribution is -2.44. The monoisotopic (exact) mass is 432 g/mol. The summed E-state index contributed by atoms with van der Waals surface area (Å²) in [6.07, 6.45) is 4.73. The van der Waals surface area contributed by atoms with Crippen LogP contribution in [0.3, 0.4) is 0 Å². The molecule has 156 valence electrons. The van der Waals surface area contributed by atoms with Gasteiger partial charge in [0.25, 0.3) is 0 Å². The predicted molar refractivity (Wildman–Crippen MR) is 120 cm³/mol. The van der Waals surface area contributed by atoms with Gasteiger partial charge in [-0.2, -0.15) is 0 Å². The van der Waals surface area contributed by atoms with E-state index in [1.165, 1.54) is 4.31 Å².